The molecule has 1 aromatic rings. The number of primary sulfonamides is 1. The van der Waals surface area contributed by atoms with Crippen molar-refractivity contribution in [2.45, 2.75) is 24.8 Å². The number of rotatable bonds is 3. The third-order valence-electron chi connectivity index (χ3n) is 1.97. The minimum atomic E-state index is -4.13. The van der Waals surface area contributed by atoms with Gasteiger partial charge in [-0.3, -0.25) is 0 Å². The maximum Gasteiger partial charge on any atom is 0.338 e. The smallest absolute Gasteiger partial charge is 0.338 e. The van der Waals surface area contributed by atoms with Crippen molar-refractivity contribution in [3.8, 4) is 0 Å². The molecule has 0 aliphatic heterocycles. The summed E-state index contributed by atoms with van der Waals surface area (Å²) in [5.74, 6) is -1.38. The number of pyridine rings is 1. The van der Waals surface area contributed by atoms with Crippen LogP contribution < -0.4 is 5.14 Å². The summed E-state index contributed by atoms with van der Waals surface area (Å²) in [5, 5.41) is 13.1. The zero-order valence-electron chi connectivity index (χ0n) is 8.84. The molecule has 0 fully saturated rings. The van der Waals surface area contributed by atoms with E-state index in [-0.39, 0.29) is 5.92 Å². The fourth-order valence-corrected chi connectivity index (χ4v) is 1.85. The summed E-state index contributed by atoms with van der Waals surface area (Å²) in [6, 6.07) is 2.67. The Kier molecular flexibility index (Phi) is 3.30. The molecule has 6 nitrogen and oxygen atoms in total. The molecule has 0 aromatic carbocycles. The van der Waals surface area contributed by atoms with E-state index in [4.69, 9.17) is 10.2 Å². The highest BCUT2D eigenvalue weighted by Gasteiger charge is 2.21. The van der Waals surface area contributed by atoms with Gasteiger partial charge in [0, 0.05) is 5.69 Å². The Hall–Kier alpha value is -1.47. The first-order valence-electron chi connectivity index (χ1n) is 4.50. The van der Waals surface area contributed by atoms with E-state index in [9.17, 15) is 13.2 Å². The average Bonchev–Trinajstić information content (AvgIpc) is 2.15. The number of carbonyl (C=O) groups is 1. The first-order valence-corrected chi connectivity index (χ1v) is 6.05. The second-order valence-electron chi connectivity index (χ2n) is 3.59. The molecule has 0 spiro atoms. The Bertz CT molecular complexity index is 522. The zero-order valence-corrected chi connectivity index (χ0v) is 9.65. The molecule has 0 aliphatic rings. The third kappa shape index (κ3) is 2.56. The standard InChI is InChI=1S/C9H12N2O4S/c1-5(2)7-4-3-6(9(12)13)8(11-7)16(10,14)15/h3-5H,1-2H3,(H,12,13)(H2,10,14,15). The highest BCUT2D eigenvalue weighted by molar-refractivity contribution is 7.89. The van der Waals surface area contributed by atoms with E-state index in [0.717, 1.165) is 0 Å². The van der Waals surface area contributed by atoms with E-state index in [1.807, 2.05) is 13.8 Å². The Morgan fingerprint density at radius 3 is 2.38 bits per heavy atom. The predicted octanol–water partition coefficient (Wildman–Crippen LogP) is 0.551. The van der Waals surface area contributed by atoms with Crippen LogP contribution >= 0.6 is 0 Å². The molecular weight excluding hydrogens is 232 g/mol. The lowest BCUT2D eigenvalue weighted by molar-refractivity contribution is 0.0691. The van der Waals surface area contributed by atoms with Gasteiger partial charge in [-0.05, 0) is 18.1 Å². The second kappa shape index (κ2) is 4.18. The van der Waals surface area contributed by atoms with Gasteiger partial charge in [0.05, 0.1) is 5.56 Å². The molecule has 0 atom stereocenters. The predicted molar refractivity (Wildman–Crippen MR) is 56.7 cm³/mol. The van der Waals surface area contributed by atoms with Crippen LogP contribution in [0.2, 0.25) is 0 Å². The van der Waals surface area contributed by atoms with Crippen molar-refractivity contribution in [1.29, 1.82) is 0 Å². The van der Waals surface area contributed by atoms with Crippen molar-refractivity contribution in [2.75, 3.05) is 0 Å². The number of carboxylic acids is 1. The van der Waals surface area contributed by atoms with Gasteiger partial charge < -0.3 is 5.11 Å². The molecule has 0 saturated heterocycles. The van der Waals surface area contributed by atoms with Crippen LogP contribution in [0.15, 0.2) is 17.2 Å². The molecule has 1 aromatic heterocycles. The van der Waals surface area contributed by atoms with Gasteiger partial charge >= 0.3 is 5.97 Å². The minimum Gasteiger partial charge on any atom is -0.478 e. The highest BCUT2D eigenvalue weighted by Crippen LogP contribution is 2.17. The van der Waals surface area contributed by atoms with Gasteiger partial charge in [0.2, 0.25) is 0 Å². The number of sulfonamides is 1. The number of hydrogen-bond acceptors (Lipinski definition) is 4. The lowest BCUT2D eigenvalue weighted by atomic mass is 10.1. The summed E-state index contributed by atoms with van der Waals surface area (Å²) < 4.78 is 22.4. The molecule has 0 radical (unpaired) electrons. The summed E-state index contributed by atoms with van der Waals surface area (Å²) in [6.07, 6.45) is 0. The topological polar surface area (TPSA) is 110 Å². The van der Waals surface area contributed by atoms with E-state index in [2.05, 4.69) is 4.98 Å². The Labute approximate surface area is 93.2 Å². The summed E-state index contributed by atoms with van der Waals surface area (Å²) >= 11 is 0. The van der Waals surface area contributed by atoms with E-state index >= 15 is 0 Å². The van der Waals surface area contributed by atoms with Crippen LogP contribution in [0, 0.1) is 0 Å². The van der Waals surface area contributed by atoms with E-state index < -0.39 is 26.6 Å². The van der Waals surface area contributed by atoms with Gasteiger partial charge in [-0.2, -0.15) is 0 Å². The van der Waals surface area contributed by atoms with Crippen molar-refractivity contribution < 1.29 is 18.3 Å². The zero-order chi connectivity index (χ0) is 12.5. The number of carboxylic acid groups (broad SMARTS) is 1. The van der Waals surface area contributed by atoms with Gasteiger partial charge in [0.25, 0.3) is 10.0 Å². The van der Waals surface area contributed by atoms with Crippen LogP contribution in [-0.4, -0.2) is 24.5 Å². The van der Waals surface area contributed by atoms with Crippen LogP contribution in [-0.2, 0) is 10.0 Å². The molecule has 1 heterocycles. The molecule has 3 N–H and O–H groups in total. The van der Waals surface area contributed by atoms with Crippen molar-refractivity contribution in [1.82, 2.24) is 4.98 Å². The minimum absolute atomic E-state index is 0.0108. The molecule has 88 valence electrons. The number of hydrogen-bond donors (Lipinski definition) is 2. The van der Waals surface area contributed by atoms with Gasteiger partial charge in [-0.15, -0.1) is 0 Å². The lowest BCUT2D eigenvalue weighted by Crippen LogP contribution is -2.19. The molecule has 16 heavy (non-hydrogen) atoms. The monoisotopic (exact) mass is 244 g/mol. The van der Waals surface area contributed by atoms with Crippen LogP contribution in [0.5, 0.6) is 0 Å². The third-order valence-corrected chi connectivity index (χ3v) is 2.82. The summed E-state index contributed by atoms with van der Waals surface area (Å²) in [6.45, 7) is 3.63. The molecular formula is C9H12N2O4S. The van der Waals surface area contributed by atoms with Crippen molar-refractivity contribution >= 4 is 16.0 Å². The average molecular weight is 244 g/mol. The second-order valence-corrected chi connectivity index (χ2v) is 5.07. The van der Waals surface area contributed by atoms with Crippen molar-refractivity contribution in [3.63, 3.8) is 0 Å². The van der Waals surface area contributed by atoms with Gasteiger partial charge in [-0.25, -0.2) is 23.3 Å². The quantitative estimate of drug-likeness (QED) is 0.806. The maximum atomic E-state index is 11.2. The van der Waals surface area contributed by atoms with Crippen LogP contribution in [0.4, 0.5) is 0 Å². The largest absolute Gasteiger partial charge is 0.478 e. The van der Waals surface area contributed by atoms with Gasteiger partial charge in [-0.1, -0.05) is 13.8 Å². The van der Waals surface area contributed by atoms with Gasteiger partial charge in [0.1, 0.15) is 0 Å². The Morgan fingerprint density at radius 2 is 2.00 bits per heavy atom. The van der Waals surface area contributed by atoms with Gasteiger partial charge in [0.15, 0.2) is 5.03 Å². The number of aromatic nitrogens is 1. The molecule has 7 heteroatoms. The molecule has 0 aliphatic carbocycles. The van der Waals surface area contributed by atoms with Crippen LogP contribution in [0.25, 0.3) is 0 Å². The molecule has 0 amide bonds. The number of nitrogens with zero attached hydrogens (tertiary/aromatic N) is 1. The number of aromatic carboxylic acids is 1. The SMILES string of the molecule is CC(C)c1ccc(C(=O)O)c(S(N)(=O)=O)n1. The van der Waals surface area contributed by atoms with E-state index in [1.165, 1.54) is 12.1 Å². The van der Waals surface area contributed by atoms with Crippen LogP contribution in [0.1, 0.15) is 35.8 Å². The highest BCUT2D eigenvalue weighted by atomic mass is 32.2. The summed E-state index contributed by atoms with van der Waals surface area (Å²) in [7, 11) is -4.13. The lowest BCUT2D eigenvalue weighted by Gasteiger charge is -2.08. The van der Waals surface area contributed by atoms with Crippen molar-refractivity contribution in [2.24, 2.45) is 5.14 Å². The Morgan fingerprint density at radius 1 is 1.44 bits per heavy atom. The van der Waals surface area contributed by atoms with Crippen LogP contribution in [0.3, 0.4) is 0 Å². The molecule has 0 saturated carbocycles. The first kappa shape index (κ1) is 12.6. The summed E-state index contributed by atoms with van der Waals surface area (Å²) in [5.41, 5.74) is 0.0703. The molecule has 0 bridgehead atoms. The normalized spacial score (nSPS) is 11.8. The van der Waals surface area contributed by atoms with Crippen molar-refractivity contribution in [3.05, 3.63) is 23.4 Å². The number of nitrogens with two attached hydrogens (primary N) is 1. The van der Waals surface area contributed by atoms with E-state index in [0.29, 0.717) is 5.69 Å². The molecule has 1 rings (SSSR count). The molecule has 0 unspecified atom stereocenters. The fourth-order valence-electron chi connectivity index (χ4n) is 1.16. The summed E-state index contributed by atoms with van der Waals surface area (Å²) in [4.78, 5) is 14.6. The maximum absolute atomic E-state index is 11.2. The Balaban J connectivity index is 3.51. The fraction of sp³-hybridized carbons (Fsp3) is 0.333. The van der Waals surface area contributed by atoms with E-state index in [1.54, 1.807) is 0 Å². The first-order chi connectivity index (χ1) is 7.23.